The molecule has 25 heavy (non-hydrogen) atoms. The molecule has 6 heteroatoms. The Bertz CT molecular complexity index is 656. The Hall–Kier alpha value is -1.95. The highest BCUT2D eigenvalue weighted by Crippen LogP contribution is 2.29. The maximum atomic E-state index is 14.2. The number of piperidine rings is 1. The third kappa shape index (κ3) is 3.84. The molecule has 0 bridgehead atoms. The molecule has 2 aliphatic heterocycles. The quantitative estimate of drug-likeness (QED) is 0.840. The summed E-state index contributed by atoms with van der Waals surface area (Å²) < 4.78 is 19.8. The van der Waals surface area contributed by atoms with Gasteiger partial charge in [0.2, 0.25) is 11.8 Å². The number of rotatable bonds is 4. The van der Waals surface area contributed by atoms with Gasteiger partial charge in [-0.15, -0.1) is 0 Å². The predicted octanol–water partition coefficient (Wildman–Crippen LogP) is 2.51. The molecule has 2 fully saturated rings. The lowest BCUT2D eigenvalue weighted by Gasteiger charge is -2.33. The van der Waals surface area contributed by atoms with Gasteiger partial charge in [-0.25, -0.2) is 4.39 Å². The fourth-order valence-corrected chi connectivity index (χ4v) is 3.67. The van der Waals surface area contributed by atoms with Crippen molar-refractivity contribution < 1.29 is 18.7 Å². The summed E-state index contributed by atoms with van der Waals surface area (Å²) in [5.74, 6) is -1.00. The monoisotopic (exact) mass is 348 g/mol. The fraction of sp³-hybridized carbons (Fsp3) is 0.579. The molecule has 0 aromatic heterocycles. The molecule has 2 saturated heterocycles. The lowest BCUT2D eigenvalue weighted by molar-refractivity contribution is -0.138. The maximum absolute atomic E-state index is 14.2. The average Bonchev–Trinajstić information content (AvgIpc) is 2.97. The molecule has 1 aromatic rings. The van der Waals surface area contributed by atoms with E-state index in [4.69, 9.17) is 4.74 Å². The van der Waals surface area contributed by atoms with Crippen molar-refractivity contribution in [2.24, 2.45) is 5.92 Å². The SMILES string of the molecule is CCOC1CCN(C(=O)[C@@H]2CC(=O)N(c3ccc(C)cc3F)C2)CC1. The molecule has 1 aromatic carbocycles. The standard InChI is InChI=1S/C19H25FN2O3/c1-3-25-15-6-8-21(9-7-15)19(24)14-11-18(23)22(12-14)17-5-4-13(2)10-16(17)20/h4-5,10,14-15H,3,6-9,11-12H2,1-2H3/t14-/m1/s1. The first kappa shape index (κ1) is 17.9. The Morgan fingerprint density at radius 2 is 2.04 bits per heavy atom. The van der Waals surface area contributed by atoms with Gasteiger partial charge in [0.15, 0.2) is 0 Å². The number of anilines is 1. The van der Waals surface area contributed by atoms with Gasteiger partial charge in [-0.3, -0.25) is 9.59 Å². The smallest absolute Gasteiger partial charge is 0.228 e. The Morgan fingerprint density at radius 1 is 1.32 bits per heavy atom. The first-order chi connectivity index (χ1) is 12.0. The molecule has 2 aliphatic rings. The molecule has 3 rings (SSSR count). The number of hydrogen-bond donors (Lipinski definition) is 0. The number of nitrogens with zero attached hydrogens (tertiary/aromatic N) is 2. The fourth-order valence-electron chi connectivity index (χ4n) is 3.67. The van der Waals surface area contributed by atoms with E-state index in [1.165, 1.54) is 11.0 Å². The van der Waals surface area contributed by atoms with Crippen LogP contribution in [0.2, 0.25) is 0 Å². The molecular formula is C19H25FN2O3. The lowest BCUT2D eigenvalue weighted by atomic mass is 10.0. The van der Waals surface area contributed by atoms with Gasteiger partial charge < -0.3 is 14.5 Å². The first-order valence-electron chi connectivity index (χ1n) is 8.96. The van der Waals surface area contributed by atoms with E-state index in [1.807, 2.05) is 11.8 Å². The van der Waals surface area contributed by atoms with Gasteiger partial charge >= 0.3 is 0 Å². The van der Waals surface area contributed by atoms with Gasteiger partial charge in [-0.2, -0.15) is 0 Å². The van der Waals surface area contributed by atoms with Crippen LogP contribution in [0.3, 0.4) is 0 Å². The molecular weight excluding hydrogens is 323 g/mol. The summed E-state index contributed by atoms with van der Waals surface area (Å²) in [7, 11) is 0. The summed E-state index contributed by atoms with van der Waals surface area (Å²) in [5, 5.41) is 0. The Balaban J connectivity index is 1.63. The molecule has 0 aliphatic carbocycles. The van der Waals surface area contributed by atoms with Crippen LogP contribution < -0.4 is 4.90 Å². The van der Waals surface area contributed by atoms with Gasteiger partial charge in [0.05, 0.1) is 17.7 Å². The summed E-state index contributed by atoms with van der Waals surface area (Å²) in [5.41, 5.74) is 1.07. The summed E-state index contributed by atoms with van der Waals surface area (Å²) in [6, 6.07) is 4.80. The van der Waals surface area contributed by atoms with Crippen LogP contribution in [0.1, 0.15) is 31.7 Å². The van der Waals surface area contributed by atoms with Crippen molar-refractivity contribution in [1.29, 1.82) is 0 Å². The highest BCUT2D eigenvalue weighted by molar-refractivity contribution is 6.00. The molecule has 2 heterocycles. The van der Waals surface area contributed by atoms with Gasteiger partial charge in [-0.1, -0.05) is 6.07 Å². The van der Waals surface area contributed by atoms with Crippen LogP contribution in [-0.4, -0.2) is 49.1 Å². The van der Waals surface area contributed by atoms with Crippen molar-refractivity contribution in [1.82, 2.24) is 4.90 Å². The Kier molecular flexibility index (Phi) is 5.37. The van der Waals surface area contributed by atoms with Crippen molar-refractivity contribution in [2.75, 3.05) is 31.1 Å². The third-order valence-corrected chi connectivity index (χ3v) is 5.02. The van der Waals surface area contributed by atoms with Crippen LogP contribution in [-0.2, 0) is 14.3 Å². The van der Waals surface area contributed by atoms with E-state index < -0.39 is 11.7 Å². The summed E-state index contributed by atoms with van der Waals surface area (Å²) >= 11 is 0. The van der Waals surface area contributed by atoms with E-state index in [0.29, 0.717) is 19.7 Å². The van der Waals surface area contributed by atoms with Crippen LogP contribution in [0, 0.1) is 18.7 Å². The molecule has 1 atom stereocenters. The first-order valence-corrected chi connectivity index (χ1v) is 8.96. The predicted molar refractivity (Wildman–Crippen MR) is 92.8 cm³/mol. The second-order valence-corrected chi connectivity index (χ2v) is 6.84. The zero-order valence-corrected chi connectivity index (χ0v) is 14.8. The minimum absolute atomic E-state index is 0.00156. The van der Waals surface area contributed by atoms with E-state index in [-0.39, 0.29) is 36.6 Å². The van der Waals surface area contributed by atoms with Gasteiger partial charge in [0.1, 0.15) is 5.82 Å². The van der Waals surface area contributed by atoms with Gasteiger partial charge in [0.25, 0.3) is 0 Å². The zero-order chi connectivity index (χ0) is 18.0. The van der Waals surface area contributed by atoms with Crippen molar-refractivity contribution in [3.8, 4) is 0 Å². The number of likely N-dealkylation sites (tertiary alicyclic amines) is 1. The maximum Gasteiger partial charge on any atom is 0.228 e. The molecule has 136 valence electrons. The Morgan fingerprint density at radius 3 is 2.68 bits per heavy atom. The van der Waals surface area contributed by atoms with Crippen LogP contribution >= 0.6 is 0 Å². The molecule has 5 nitrogen and oxygen atoms in total. The third-order valence-electron chi connectivity index (χ3n) is 5.02. The highest BCUT2D eigenvalue weighted by Gasteiger charge is 2.38. The van der Waals surface area contributed by atoms with Crippen molar-refractivity contribution in [3.63, 3.8) is 0 Å². The number of aryl methyl sites for hydroxylation is 1. The topological polar surface area (TPSA) is 49.9 Å². The van der Waals surface area contributed by atoms with Crippen LogP contribution in [0.4, 0.5) is 10.1 Å². The molecule has 0 radical (unpaired) electrons. The number of amides is 2. The van der Waals surface area contributed by atoms with E-state index in [9.17, 15) is 14.0 Å². The number of hydrogen-bond acceptors (Lipinski definition) is 3. The number of ether oxygens (including phenoxy) is 1. The average molecular weight is 348 g/mol. The highest BCUT2D eigenvalue weighted by atomic mass is 19.1. The van der Waals surface area contributed by atoms with E-state index in [2.05, 4.69) is 0 Å². The molecule has 0 N–H and O–H groups in total. The minimum Gasteiger partial charge on any atom is -0.378 e. The molecule has 0 unspecified atom stereocenters. The second-order valence-electron chi connectivity index (χ2n) is 6.84. The summed E-state index contributed by atoms with van der Waals surface area (Å²) in [6.07, 6.45) is 2.03. The normalized spacial score (nSPS) is 21.9. The largest absolute Gasteiger partial charge is 0.378 e. The number of carbonyl (C=O) groups excluding carboxylic acids is 2. The van der Waals surface area contributed by atoms with Gasteiger partial charge in [-0.05, 0) is 44.4 Å². The lowest BCUT2D eigenvalue weighted by Crippen LogP contribution is -2.44. The van der Waals surface area contributed by atoms with Crippen LogP contribution in [0.25, 0.3) is 0 Å². The summed E-state index contributed by atoms with van der Waals surface area (Å²) in [6.45, 7) is 6.04. The zero-order valence-electron chi connectivity index (χ0n) is 14.8. The van der Waals surface area contributed by atoms with Crippen LogP contribution in [0.15, 0.2) is 18.2 Å². The van der Waals surface area contributed by atoms with E-state index in [1.54, 1.807) is 19.1 Å². The van der Waals surface area contributed by atoms with Crippen molar-refractivity contribution >= 4 is 17.5 Å². The van der Waals surface area contributed by atoms with E-state index >= 15 is 0 Å². The summed E-state index contributed by atoms with van der Waals surface area (Å²) in [4.78, 5) is 28.3. The number of benzene rings is 1. The number of halogens is 1. The molecule has 2 amide bonds. The van der Waals surface area contributed by atoms with Crippen molar-refractivity contribution in [3.05, 3.63) is 29.6 Å². The number of carbonyl (C=O) groups is 2. The van der Waals surface area contributed by atoms with Gasteiger partial charge in [0, 0.05) is 32.7 Å². The minimum atomic E-state index is -0.418. The molecule has 0 spiro atoms. The van der Waals surface area contributed by atoms with Crippen molar-refractivity contribution in [2.45, 2.75) is 39.2 Å². The molecule has 0 saturated carbocycles. The Labute approximate surface area is 147 Å². The second kappa shape index (κ2) is 7.52. The van der Waals surface area contributed by atoms with Crippen LogP contribution in [0.5, 0.6) is 0 Å². The van der Waals surface area contributed by atoms with E-state index in [0.717, 1.165) is 18.4 Å².